The second kappa shape index (κ2) is 8.16. The Hall–Kier alpha value is -2.77. The summed E-state index contributed by atoms with van der Waals surface area (Å²) in [4.78, 5) is 17.5. The molecule has 2 aliphatic heterocycles. The second-order valence-electron chi connectivity index (χ2n) is 8.72. The van der Waals surface area contributed by atoms with Crippen molar-refractivity contribution >= 4 is 5.82 Å². The van der Waals surface area contributed by atoms with E-state index >= 15 is 0 Å². The average Bonchev–Trinajstić information content (AvgIpc) is 3.31. The number of aliphatic hydroxyl groups excluding tert-OH is 1. The quantitative estimate of drug-likeness (QED) is 0.721. The van der Waals surface area contributed by atoms with Gasteiger partial charge in [-0.15, -0.1) is 0 Å². The fourth-order valence-corrected chi connectivity index (χ4v) is 5.02. The molecule has 3 aromatic rings. The number of likely N-dealkylation sites (tertiary alicyclic amines) is 1. The molecule has 1 spiro atoms. The van der Waals surface area contributed by atoms with Crippen molar-refractivity contribution in [3.63, 3.8) is 0 Å². The van der Waals surface area contributed by atoms with Crippen LogP contribution in [0.5, 0.6) is 0 Å². The molecule has 2 saturated heterocycles. The highest BCUT2D eigenvalue weighted by Crippen LogP contribution is 2.41. The third-order valence-electron chi connectivity index (χ3n) is 6.54. The van der Waals surface area contributed by atoms with Crippen LogP contribution in [0.15, 0.2) is 61.6 Å². The lowest BCUT2D eigenvalue weighted by molar-refractivity contribution is 0.0244. The third-order valence-corrected chi connectivity index (χ3v) is 6.54. The summed E-state index contributed by atoms with van der Waals surface area (Å²) in [5.41, 5.74) is 2.63. The highest BCUT2D eigenvalue weighted by molar-refractivity contribution is 5.37. The van der Waals surface area contributed by atoms with Crippen molar-refractivity contribution in [2.45, 2.75) is 31.9 Å². The van der Waals surface area contributed by atoms with Crippen LogP contribution < -0.4 is 4.90 Å². The molecule has 5 rings (SSSR count). The van der Waals surface area contributed by atoms with Crippen molar-refractivity contribution in [1.29, 1.82) is 0 Å². The van der Waals surface area contributed by atoms with Gasteiger partial charge in [0.25, 0.3) is 0 Å². The first-order valence-corrected chi connectivity index (χ1v) is 10.7. The van der Waals surface area contributed by atoms with E-state index in [0.717, 1.165) is 56.9 Å². The van der Waals surface area contributed by atoms with Crippen molar-refractivity contribution in [1.82, 2.24) is 24.4 Å². The van der Waals surface area contributed by atoms with Crippen LogP contribution in [0.4, 0.5) is 5.82 Å². The number of hydrogen-bond acceptors (Lipinski definition) is 6. The fraction of sp³-hybridized carbons (Fsp3) is 0.435. The van der Waals surface area contributed by atoms with Crippen LogP contribution in [0, 0.1) is 5.41 Å². The van der Waals surface area contributed by atoms with Gasteiger partial charge in [0.15, 0.2) is 0 Å². The van der Waals surface area contributed by atoms with Gasteiger partial charge in [-0.25, -0.2) is 9.97 Å². The molecule has 0 aliphatic carbocycles. The average molecular weight is 405 g/mol. The van der Waals surface area contributed by atoms with Crippen LogP contribution in [-0.2, 0) is 6.54 Å². The fourth-order valence-electron chi connectivity index (χ4n) is 5.02. The van der Waals surface area contributed by atoms with Gasteiger partial charge in [0, 0.05) is 50.1 Å². The number of nitrogens with zero attached hydrogens (tertiary/aromatic N) is 6. The Kier molecular flexibility index (Phi) is 5.23. The SMILES string of the molecule is OC1CN(c2cnccn2)CC2(CCN(Cc3cccc(-n4ccnc4)c3)CC2)C1. The third kappa shape index (κ3) is 4.08. The van der Waals surface area contributed by atoms with E-state index in [4.69, 9.17) is 0 Å². The highest BCUT2D eigenvalue weighted by atomic mass is 16.3. The van der Waals surface area contributed by atoms with Crippen LogP contribution >= 0.6 is 0 Å². The Balaban J connectivity index is 1.23. The maximum Gasteiger partial charge on any atom is 0.147 e. The Morgan fingerprint density at radius 1 is 1.10 bits per heavy atom. The lowest BCUT2D eigenvalue weighted by Gasteiger charge is -2.49. The number of aromatic nitrogens is 4. The Morgan fingerprint density at radius 3 is 2.77 bits per heavy atom. The Morgan fingerprint density at radius 2 is 2.00 bits per heavy atom. The number of hydrogen-bond donors (Lipinski definition) is 1. The van der Waals surface area contributed by atoms with Gasteiger partial charge in [0.1, 0.15) is 5.82 Å². The van der Waals surface area contributed by atoms with E-state index in [9.17, 15) is 5.11 Å². The first-order valence-electron chi connectivity index (χ1n) is 10.7. The van der Waals surface area contributed by atoms with Gasteiger partial charge < -0.3 is 14.6 Å². The van der Waals surface area contributed by atoms with E-state index in [1.54, 1.807) is 24.8 Å². The summed E-state index contributed by atoms with van der Waals surface area (Å²) in [6.07, 6.45) is 13.6. The highest BCUT2D eigenvalue weighted by Gasteiger charge is 2.41. The molecule has 4 heterocycles. The predicted octanol–water partition coefficient (Wildman–Crippen LogP) is 2.52. The molecule has 0 amide bonds. The van der Waals surface area contributed by atoms with Gasteiger partial charge in [-0.2, -0.15) is 0 Å². The molecular weight excluding hydrogens is 376 g/mol. The number of β-amino-alcohol motifs (C(OH)–C–C–N with tert-alkyl or cyclic N) is 1. The molecule has 0 radical (unpaired) electrons. The molecular formula is C23H28N6O. The molecule has 2 aromatic heterocycles. The summed E-state index contributed by atoms with van der Waals surface area (Å²) in [5.74, 6) is 0.870. The van der Waals surface area contributed by atoms with Crippen molar-refractivity contribution in [3.8, 4) is 5.69 Å². The van der Waals surface area contributed by atoms with Crippen LogP contribution in [-0.4, -0.2) is 61.8 Å². The molecule has 30 heavy (non-hydrogen) atoms. The lowest BCUT2D eigenvalue weighted by Crippen LogP contribution is -2.54. The van der Waals surface area contributed by atoms with E-state index < -0.39 is 0 Å². The zero-order chi connectivity index (χ0) is 20.4. The minimum absolute atomic E-state index is 0.157. The molecule has 1 unspecified atom stereocenters. The van der Waals surface area contributed by atoms with Gasteiger partial charge in [-0.05, 0) is 55.5 Å². The summed E-state index contributed by atoms with van der Waals surface area (Å²) < 4.78 is 2.04. The van der Waals surface area contributed by atoms with Crippen molar-refractivity contribution < 1.29 is 5.11 Å². The van der Waals surface area contributed by atoms with Crippen LogP contribution in [0.2, 0.25) is 0 Å². The smallest absolute Gasteiger partial charge is 0.147 e. The van der Waals surface area contributed by atoms with E-state index in [1.807, 2.05) is 17.1 Å². The number of anilines is 1. The van der Waals surface area contributed by atoms with Crippen molar-refractivity contribution in [2.75, 3.05) is 31.1 Å². The molecule has 2 fully saturated rings. The van der Waals surface area contributed by atoms with Crippen LogP contribution in [0.25, 0.3) is 5.69 Å². The van der Waals surface area contributed by atoms with E-state index in [0.29, 0.717) is 6.54 Å². The first-order chi connectivity index (χ1) is 14.7. The van der Waals surface area contributed by atoms with Crippen molar-refractivity contribution in [3.05, 3.63) is 67.1 Å². The number of imidazole rings is 1. The monoisotopic (exact) mass is 404 g/mol. The van der Waals surface area contributed by atoms with Gasteiger partial charge in [-0.1, -0.05) is 12.1 Å². The molecule has 0 saturated carbocycles. The minimum Gasteiger partial charge on any atom is -0.391 e. The molecule has 1 atom stereocenters. The first kappa shape index (κ1) is 19.2. The Bertz CT molecular complexity index is 953. The molecule has 7 nitrogen and oxygen atoms in total. The molecule has 0 bridgehead atoms. The number of aliphatic hydroxyl groups is 1. The molecule has 156 valence electrons. The van der Waals surface area contributed by atoms with Crippen molar-refractivity contribution in [2.24, 2.45) is 5.41 Å². The minimum atomic E-state index is -0.306. The largest absolute Gasteiger partial charge is 0.391 e. The molecule has 1 N–H and O–H groups in total. The zero-order valence-electron chi connectivity index (χ0n) is 17.1. The van der Waals surface area contributed by atoms with Gasteiger partial charge in [0.2, 0.25) is 0 Å². The summed E-state index contributed by atoms with van der Waals surface area (Å²) in [6.45, 7) is 4.65. The standard InChI is InChI=1S/C23H28N6O/c30-21-13-23(17-29(16-21)22-14-24-6-7-26-22)4-9-27(10-5-23)15-19-2-1-3-20(12-19)28-11-8-25-18-28/h1-3,6-8,11-12,14,18,21,30H,4-5,9-10,13,15-17H2. The summed E-state index contributed by atoms with van der Waals surface area (Å²) in [6, 6.07) is 8.67. The normalized spacial score (nSPS) is 21.8. The zero-order valence-corrected chi connectivity index (χ0v) is 17.1. The molecule has 1 aromatic carbocycles. The summed E-state index contributed by atoms with van der Waals surface area (Å²) >= 11 is 0. The maximum atomic E-state index is 10.6. The molecule has 7 heteroatoms. The van der Waals surface area contributed by atoms with E-state index in [1.165, 1.54) is 5.56 Å². The summed E-state index contributed by atoms with van der Waals surface area (Å²) in [5, 5.41) is 10.6. The van der Waals surface area contributed by atoms with E-state index in [2.05, 4.69) is 49.0 Å². The van der Waals surface area contributed by atoms with E-state index in [-0.39, 0.29) is 11.5 Å². The second-order valence-corrected chi connectivity index (χ2v) is 8.72. The topological polar surface area (TPSA) is 70.3 Å². The predicted molar refractivity (Wildman–Crippen MR) is 115 cm³/mol. The lowest BCUT2D eigenvalue weighted by atomic mass is 9.71. The number of rotatable bonds is 4. The summed E-state index contributed by atoms with van der Waals surface area (Å²) in [7, 11) is 0. The van der Waals surface area contributed by atoms with Crippen LogP contribution in [0.1, 0.15) is 24.8 Å². The van der Waals surface area contributed by atoms with Gasteiger partial charge in [-0.3, -0.25) is 9.88 Å². The molecule has 2 aliphatic rings. The number of piperidine rings is 2. The van der Waals surface area contributed by atoms with Gasteiger partial charge >= 0.3 is 0 Å². The Labute approximate surface area is 177 Å². The van der Waals surface area contributed by atoms with Gasteiger partial charge in [0.05, 0.1) is 18.6 Å². The number of benzene rings is 1. The maximum absolute atomic E-state index is 10.6. The van der Waals surface area contributed by atoms with Crippen LogP contribution in [0.3, 0.4) is 0 Å².